The van der Waals surface area contributed by atoms with Crippen LogP contribution < -0.4 is 0 Å². The number of Topliss-reactive ketones (excluding diaryl/α,β-unsaturated/α-hetero) is 1. The minimum absolute atomic E-state index is 0.130. The van der Waals surface area contributed by atoms with E-state index in [-0.39, 0.29) is 5.78 Å². The van der Waals surface area contributed by atoms with Crippen LogP contribution in [0.25, 0.3) is 0 Å². The molecule has 84 valence electrons. The molecule has 0 fully saturated rings. The summed E-state index contributed by atoms with van der Waals surface area (Å²) >= 11 is 0. The molecule has 0 heterocycles. The maximum atomic E-state index is 12.3. The zero-order valence-electron chi connectivity index (χ0n) is 9.78. The summed E-state index contributed by atoms with van der Waals surface area (Å²) < 4.78 is 0. The van der Waals surface area contributed by atoms with Gasteiger partial charge in [0.15, 0.2) is 5.78 Å². The van der Waals surface area contributed by atoms with Crippen LogP contribution >= 0.6 is 0 Å². The number of rotatable bonds is 6. The van der Waals surface area contributed by atoms with Gasteiger partial charge in [0, 0.05) is 11.0 Å². The van der Waals surface area contributed by atoms with Crippen molar-refractivity contribution in [2.75, 3.05) is 0 Å². The summed E-state index contributed by atoms with van der Waals surface area (Å²) in [4.78, 5) is 12.3. The predicted octanol–water partition coefficient (Wildman–Crippen LogP) is 4.03. The minimum atomic E-state index is -0.491. The van der Waals surface area contributed by atoms with Crippen molar-refractivity contribution in [1.82, 2.24) is 0 Å². The minimum Gasteiger partial charge on any atom is -0.293 e. The Morgan fingerprint density at radius 1 is 1.31 bits per heavy atom. The molecule has 0 saturated carbocycles. The maximum absolute atomic E-state index is 12.3. The molecule has 1 unspecified atom stereocenters. The molecule has 0 N–H and O–H groups in total. The molecule has 0 aliphatic carbocycles. The predicted molar refractivity (Wildman–Crippen MR) is 68.5 cm³/mol. The molecule has 1 heteroatoms. The van der Waals surface area contributed by atoms with Gasteiger partial charge in [-0.3, -0.25) is 4.79 Å². The lowest BCUT2D eigenvalue weighted by atomic mass is 9.78. The number of benzene rings is 1. The summed E-state index contributed by atoms with van der Waals surface area (Å²) in [7, 11) is 0. The van der Waals surface area contributed by atoms with Gasteiger partial charge in [-0.2, -0.15) is 0 Å². The molecule has 0 spiro atoms. The third-order valence-electron chi connectivity index (χ3n) is 2.87. The van der Waals surface area contributed by atoms with E-state index in [1.807, 2.05) is 43.3 Å². The maximum Gasteiger partial charge on any atom is 0.172 e. The molecule has 0 amide bonds. The van der Waals surface area contributed by atoms with Gasteiger partial charge in [-0.25, -0.2) is 0 Å². The lowest BCUT2D eigenvalue weighted by Crippen LogP contribution is -2.25. The average Bonchev–Trinajstić information content (AvgIpc) is 2.36. The molecule has 1 nitrogen and oxygen atoms in total. The Morgan fingerprint density at radius 2 is 1.94 bits per heavy atom. The summed E-state index contributed by atoms with van der Waals surface area (Å²) in [6.07, 6.45) is 5.15. The van der Waals surface area contributed by atoms with E-state index in [0.29, 0.717) is 0 Å². The Kier molecular flexibility index (Phi) is 4.24. The molecule has 0 aliphatic rings. The molecule has 0 bridgehead atoms. The van der Waals surface area contributed by atoms with Crippen LogP contribution in [0.2, 0.25) is 0 Å². The molecule has 0 aliphatic heterocycles. The topological polar surface area (TPSA) is 17.1 Å². The van der Waals surface area contributed by atoms with Crippen molar-refractivity contribution in [3.8, 4) is 0 Å². The fourth-order valence-electron chi connectivity index (χ4n) is 1.63. The normalized spacial score (nSPS) is 13.8. The smallest absolute Gasteiger partial charge is 0.172 e. The van der Waals surface area contributed by atoms with Gasteiger partial charge in [0.2, 0.25) is 0 Å². The van der Waals surface area contributed by atoms with Crippen LogP contribution in [0, 0.1) is 5.41 Å². The standard InChI is InChI=1S/C15H18O/c1-4-6-12-15(3,5-2)14(16)13-10-8-7-9-11-13/h4-5,7-11H,1-2,6,12H2,3H3. The van der Waals surface area contributed by atoms with E-state index in [2.05, 4.69) is 13.2 Å². The molecule has 16 heavy (non-hydrogen) atoms. The van der Waals surface area contributed by atoms with E-state index in [1.165, 1.54) is 0 Å². The van der Waals surface area contributed by atoms with Crippen molar-refractivity contribution >= 4 is 5.78 Å². The van der Waals surface area contributed by atoms with Crippen molar-refractivity contribution < 1.29 is 4.79 Å². The first kappa shape index (κ1) is 12.4. The zero-order chi connectivity index (χ0) is 12.0. The quantitative estimate of drug-likeness (QED) is 0.516. The molecule has 1 aromatic carbocycles. The number of carbonyl (C=O) groups excluding carboxylic acids is 1. The van der Waals surface area contributed by atoms with E-state index in [0.717, 1.165) is 18.4 Å². The van der Waals surface area contributed by atoms with Crippen molar-refractivity contribution in [1.29, 1.82) is 0 Å². The Balaban J connectivity index is 2.92. The van der Waals surface area contributed by atoms with Crippen molar-refractivity contribution in [3.63, 3.8) is 0 Å². The van der Waals surface area contributed by atoms with Gasteiger partial charge >= 0.3 is 0 Å². The Hall–Kier alpha value is -1.63. The summed E-state index contributed by atoms with van der Waals surface area (Å²) in [6, 6.07) is 9.36. The van der Waals surface area contributed by atoms with Crippen LogP contribution in [0.3, 0.4) is 0 Å². The first-order valence-electron chi connectivity index (χ1n) is 5.48. The highest BCUT2D eigenvalue weighted by molar-refractivity contribution is 6.01. The Labute approximate surface area is 97.5 Å². The van der Waals surface area contributed by atoms with E-state index in [9.17, 15) is 4.79 Å². The van der Waals surface area contributed by atoms with Crippen LogP contribution in [0.5, 0.6) is 0 Å². The first-order chi connectivity index (χ1) is 7.64. The lowest BCUT2D eigenvalue weighted by Gasteiger charge is -2.23. The van der Waals surface area contributed by atoms with Crippen molar-refractivity contribution in [2.45, 2.75) is 19.8 Å². The van der Waals surface area contributed by atoms with E-state index < -0.39 is 5.41 Å². The Morgan fingerprint density at radius 3 is 2.44 bits per heavy atom. The van der Waals surface area contributed by atoms with Crippen molar-refractivity contribution in [2.24, 2.45) is 5.41 Å². The molecular formula is C15H18O. The summed E-state index contributed by atoms with van der Waals surface area (Å²) in [5, 5.41) is 0. The third kappa shape index (κ3) is 2.69. The summed E-state index contributed by atoms with van der Waals surface area (Å²) in [5.74, 6) is 0.130. The Bertz CT molecular complexity index is 378. The van der Waals surface area contributed by atoms with Gasteiger partial charge in [0.25, 0.3) is 0 Å². The average molecular weight is 214 g/mol. The SMILES string of the molecule is C=CCCC(C)(C=C)C(=O)c1ccccc1. The molecule has 0 saturated heterocycles. The number of carbonyl (C=O) groups is 1. The fraction of sp³-hybridized carbons (Fsp3) is 0.267. The summed E-state index contributed by atoms with van der Waals surface area (Å²) in [5.41, 5.74) is 0.254. The van der Waals surface area contributed by atoms with Gasteiger partial charge in [0.05, 0.1) is 0 Å². The number of hydrogen-bond acceptors (Lipinski definition) is 1. The molecule has 0 aromatic heterocycles. The molecule has 1 aromatic rings. The van der Waals surface area contributed by atoms with E-state index in [4.69, 9.17) is 0 Å². The van der Waals surface area contributed by atoms with Crippen molar-refractivity contribution in [3.05, 3.63) is 61.2 Å². The highest BCUT2D eigenvalue weighted by Crippen LogP contribution is 2.29. The first-order valence-corrected chi connectivity index (χ1v) is 5.48. The summed E-state index contributed by atoms with van der Waals surface area (Å²) in [6.45, 7) is 9.39. The van der Waals surface area contributed by atoms with Gasteiger partial charge in [-0.1, -0.05) is 42.5 Å². The van der Waals surface area contributed by atoms with Crippen LogP contribution in [0.4, 0.5) is 0 Å². The van der Waals surface area contributed by atoms with Gasteiger partial charge in [-0.15, -0.1) is 13.2 Å². The van der Waals surface area contributed by atoms with Crippen LogP contribution in [-0.4, -0.2) is 5.78 Å². The molecule has 1 atom stereocenters. The lowest BCUT2D eigenvalue weighted by molar-refractivity contribution is 0.0861. The second-order valence-corrected chi connectivity index (χ2v) is 4.14. The third-order valence-corrected chi connectivity index (χ3v) is 2.87. The number of allylic oxidation sites excluding steroid dienone is 2. The van der Waals surface area contributed by atoms with Crippen LogP contribution in [0.1, 0.15) is 30.1 Å². The molecule has 1 rings (SSSR count). The van der Waals surface area contributed by atoms with Gasteiger partial charge in [-0.05, 0) is 19.8 Å². The monoisotopic (exact) mass is 214 g/mol. The second-order valence-electron chi connectivity index (χ2n) is 4.14. The highest BCUT2D eigenvalue weighted by Gasteiger charge is 2.29. The van der Waals surface area contributed by atoms with Crippen LogP contribution in [0.15, 0.2) is 55.6 Å². The number of hydrogen-bond donors (Lipinski definition) is 0. The fourth-order valence-corrected chi connectivity index (χ4v) is 1.63. The zero-order valence-corrected chi connectivity index (χ0v) is 9.78. The second kappa shape index (κ2) is 5.45. The number of ketones is 1. The van der Waals surface area contributed by atoms with Crippen LogP contribution in [-0.2, 0) is 0 Å². The van der Waals surface area contributed by atoms with E-state index >= 15 is 0 Å². The highest BCUT2D eigenvalue weighted by atomic mass is 16.1. The van der Waals surface area contributed by atoms with Gasteiger partial charge in [0.1, 0.15) is 0 Å². The largest absolute Gasteiger partial charge is 0.293 e. The van der Waals surface area contributed by atoms with E-state index in [1.54, 1.807) is 6.08 Å². The molecular weight excluding hydrogens is 196 g/mol. The molecule has 0 radical (unpaired) electrons. The van der Waals surface area contributed by atoms with Gasteiger partial charge < -0.3 is 0 Å².